The lowest BCUT2D eigenvalue weighted by Gasteiger charge is -2.21. The van der Waals surface area contributed by atoms with Gasteiger partial charge in [0.2, 0.25) is 0 Å². The summed E-state index contributed by atoms with van der Waals surface area (Å²) in [7, 11) is 0. The normalized spacial score (nSPS) is 18.4. The van der Waals surface area contributed by atoms with Crippen LogP contribution in [0.4, 0.5) is 5.69 Å². The predicted molar refractivity (Wildman–Crippen MR) is 103 cm³/mol. The van der Waals surface area contributed by atoms with Gasteiger partial charge < -0.3 is 11.1 Å². The molecule has 0 amide bonds. The summed E-state index contributed by atoms with van der Waals surface area (Å²) in [5.41, 5.74) is 10.2. The number of nitrogens with two attached hydrogens (primary N) is 1. The highest BCUT2D eigenvalue weighted by atomic mass is 16.5. The summed E-state index contributed by atoms with van der Waals surface area (Å²) in [6.07, 6.45) is 20.2. The van der Waals surface area contributed by atoms with Gasteiger partial charge in [-0.1, -0.05) is 42.5 Å². The summed E-state index contributed by atoms with van der Waals surface area (Å²) in [5, 5.41) is 19.0. The van der Waals surface area contributed by atoms with Crippen LogP contribution in [-0.4, -0.2) is 16.0 Å². The van der Waals surface area contributed by atoms with Gasteiger partial charge in [-0.15, -0.1) is 0 Å². The van der Waals surface area contributed by atoms with E-state index in [9.17, 15) is 5.21 Å². The fourth-order valence-electron chi connectivity index (χ4n) is 2.35. The Labute approximate surface area is 147 Å². The zero-order valence-electron chi connectivity index (χ0n) is 13.6. The van der Waals surface area contributed by atoms with Gasteiger partial charge in [0.05, 0.1) is 17.1 Å². The second-order valence-electron chi connectivity index (χ2n) is 5.64. The van der Waals surface area contributed by atoms with Gasteiger partial charge >= 0.3 is 0 Å². The number of nitrogens with zero attached hydrogens (tertiary/aromatic N) is 1. The number of nitrogen functional groups attached to an aromatic ring is 1. The van der Waals surface area contributed by atoms with Crippen molar-refractivity contribution in [3.8, 4) is 0 Å². The summed E-state index contributed by atoms with van der Waals surface area (Å²) in [5.74, 6) is 0. The molecule has 4 nitrogen and oxygen atoms in total. The molecule has 4 heteroatoms. The molecule has 4 N–H and O–H groups in total. The van der Waals surface area contributed by atoms with E-state index in [-0.39, 0.29) is 0 Å². The Morgan fingerprint density at radius 3 is 2.36 bits per heavy atom. The first-order chi connectivity index (χ1) is 12.1. The van der Waals surface area contributed by atoms with E-state index in [1.807, 2.05) is 78.9 Å². The second-order valence-corrected chi connectivity index (χ2v) is 5.64. The van der Waals surface area contributed by atoms with Crippen LogP contribution in [0.3, 0.4) is 0 Å². The minimum absolute atomic E-state index is 0.476. The first-order valence-electron chi connectivity index (χ1n) is 7.89. The maximum absolute atomic E-state index is 10.4. The first kappa shape index (κ1) is 16.5. The summed E-state index contributed by atoms with van der Waals surface area (Å²) in [4.78, 5) is 0. The van der Waals surface area contributed by atoms with Gasteiger partial charge in [-0.2, -0.15) is 0 Å². The summed E-state index contributed by atoms with van der Waals surface area (Å²) >= 11 is 0. The zero-order valence-corrected chi connectivity index (χ0v) is 13.6. The Balaban J connectivity index is 1.73. The molecule has 0 bridgehead atoms. The molecule has 3 rings (SSSR count). The van der Waals surface area contributed by atoms with Crippen LogP contribution in [0.25, 0.3) is 6.08 Å². The molecule has 0 saturated heterocycles. The van der Waals surface area contributed by atoms with Gasteiger partial charge in [0, 0.05) is 5.69 Å². The molecule has 1 aromatic rings. The van der Waals surface area contributed by atoms with Gasteiger partial charge in [-0.25, -0.2) is 5.06 Å². The van der Waals surface area contributed by atoms with Crippen molar-refractivity contribution in [2.45, 2.75) is 0 Å². The van der Waals surface area contributed by atoms with Crippen LogP contribution in [0.5, 0.6) is 0 Å². The monoisotopic (exact) mass is 329 g/mol. The molecular weight excluding hydrogens is 310 g/mol. The van der Waals surface area contributed by atoms with Crippen molar-refractivity contribution in [3.63, 3.8) is 0 Å². The van der Waals surface area contributed by atoms with E-state index in [0.717, 1.165) is 21.9 Å². The van der Waals surface area contributed by atoms with Crippen molar-refractivity contribution in [1.82, 2.24) is 5.06 Å². The quantitative estimate of drug-likeness (QED) is 0.720. The van der Waals surface area contributed by atoms with Crippen molar-refractivity contribution in [3.05, 3.63) is 108 Å². The van der Waals surface area contributed by atoms with Crippen molar-refractivity contribution in [2.75, 3.05) is 5.73 Å². The minimum Gasteiger partial charge on any atom is -0.399 e. The largest absolute Gasteiger partial charge is 0.399 e. The predicted octanol–water partition coefficient (Wildman–Crippen LogP) is 4.38. The summed E-state index contributed by atoms with van der Waals surface area (Å²) < 4.78 is 0. The molecule has 1 heterocycles. The number of anilines is 1. The Bertz CT molecular complexity index is 860. The Kier molecular flexibility index (Phi) is 4.92. The molecule has 0 radical (unpaired) electrons. The third kappa shape index (κ3) is 4.34. The van der Waals surface area contributed by atoms with E-state index in [1.54, 1.807) is 12.2 Å². The molecule has 1 aromatic carbocycles. The van der Waals surface area contributed by atoms with Gasteiger partial charge in [0.25, 0.3) is 0 Å². The number of rotatable bonds is 3. The lowest BCUT2D eigenvalue weighted by Crippen LogP contribution is -2.17. The van der Waals surface area contributed by atoms with E-state index >= 15 is 0 Å². The Morgan fingerprint density at radius 1 is 0.920 bits per heavy atom. The SMILES string of the molecule is N=C1C=CC(=C/C=C2\C=CC=C(C=Cc3ccc(N)cc3)N2O)C=C1. The second kappa shape index (κ2) is 7.47. The van der Waals surface area contributed by atoms with E-state index in [4.69, 9.17) is 11.1 Å². The Morgan fingerprint density at radius 2 is 1.64 bits per heavy atom. The number of nitrogens with one attached hydrogen (secondary N) is 1. The number of hydroxylamine groups is 2. The number of allylic oxidation sites excluding steroid dienone is 11. The maximum Gasteiger partial charge on any atom is 0.0693 e. The molecule has 0 fully saturated rings. The van der Waals surface area contributed by atoms with E-state index in [2.05, 4.69) is 0 Å². The van der Waals surface area contributed by atoms with Crippen LogP contribution in [0.15, 0.2) is 102 Å². The van der Waals surface area contributed by atoms with Crippen LogP contribution < -0.4 is 5.73 Å². The standard InChI is InChI=1S/C21H19N3O/c22-18-10-4-16(5-11-18)8-14-20-2-1-3-21(24(20)25)15-9-17-6-12-19(23)13-7-17/h1-15,22,25H,23H2/b15-9?,16-8?,20-14+,22-18?. The van der Waals surface area contributed by atoms with E-state index in [0.29, 0.717) is 17.1 Å². The number of hydrogen-bond acceptors (Lipinski definition) is 4. The van der Waals surface area contributed by atoms with Gasteiger partial charge in [-0.05, 0) is 59.7 Å². The van der Waals surface area contributed by atoms with Crippen LogP contribution in [0.2, 0.25) is 0 Å². The average molecular weight is 329 g/mol. The van der Waals surface area contributed by atoms with E-state index in [1.165, 1.54) is 0 Å². The van der Waals surface area contributed by atoms with Crippen molar-refractivity contribution >= 4 is 17.5 Å². The summed E-state index contributed by atoms with van der Waals surface area (Å²) in [6.45, 7) is 0. The fourth-order valence-corrected chi connectivity index (χ4v) is 2.35. The third-order valence-electron chi connectivity index (χ3n) is 3.76. The maximum atomic E-state index is 10.4. The molecule has 124 valence electrons. The van der Waals surface area contributed by atoms with Crippen LogP contribution in [0, 0.1) is 5.41 Å². The molecule has 1 aliphatic carbocycles. The van der Waals surface area contributed by atoms with Crippen molar-refractivity contribution in [2.24, 2.45) is 0 Å². The number of hydrogen-bond donors (Lipinski definition) is 3. The van der Waals surface area contributed by atoms with Gasteiger partial charge in [0.1, 0.15) is 0 Å². The molecule has 0 unspecified atom stereocenters. The lowest BCUT2D eigenvalue weighted by atomic mass is 10.1. The lowest BCUT2D eigenvalue weighted by molar-refractivity contribution is -0.0109. The summed E-state index contributed by atoms with van der Waals surface area (Å²) in [6, 6.07) is 7.53. The van der Waals surface area contributed by atoms with Crippen LogP contribution in [0.1, 0.15) is 5.56 Å². The third-order valence-corrected chi connectivity index (χ3v) is 3.76. The molecule has 1 aliphatic heterocycles. The average Bonchev–Trinajstić information content (AvgIpc) is 2.62. The molecule has 0 atom stereocenters. The Hall–Kier alpha value is -3.37. The van der Waals surface area contributed by atoms with Crippen LogP contribution in [-0.2, 0) is 0 Å². The van der Waals surface area contributed by atoms with Crippen molar-refractivity contribution < 1.29 is 5.21 Å². The van der Waals surface area contributed by atoms with Crippen molar-refractivity contribution in [1.29, 1.82) is 5.41 Å². The highest BCUT2D eigenvalue weighted by Gasteiger charge is 2.10. The van der Waals surface area contributed by atoms with Gasteiger partial charge in [0.15, 0.2) is 0 Å². The molecule has 0 saturated carbocycles. The number of benzene rings is 1. The highest BCUT2D eigenvalue weighted by molar-refractivity contribution is 6.03. The van der Waals surface area contributed by atoms with E-state index < -0.39 is 0 Å². The molecule has 2 aliphatic rings. The molecule has 25 heavy (non-hydrogen) atoms. The van der Waals surface area contributed by atoms with Gasteiger partial charge in [-0.3, -0.25) is 5.21 Å². The smallest absolute Gasteiger partial charge is 0.0693 e. The molecular formula is C21H19N3O. The highest BCUT2D eigenvalue weighted by Crippen LogP contribution is 2.20. The fraction of sp³-hybridized carbons (Fsp3) is 0. The minimum atomic E-state index is 0.476. The first-order valence-corrected chi connectivity index (χ1v) is 7.89. The van der Waals surface area contributed by atoms with Crippen LogP contribution >= 0.6 is 0 Å². The topological polar surface area (TPSA) is 73.3 Å². The zero-order chi connectivity index (χ0) is 17.6. The molecule has 0 aromatic heterocycles. The molecule has 0 spiro atoms.